The first-order valence-electron chi connectivity index (χ1n) is 7.25. The average molecular weight is 270 g/mol. The molecule has 0 saturated carbocycles. The Labute approximate surface area is 115 Å². The Morgan fingerprint density at radius 2 is 2.16 bits per heavy atom. The van der Waals surface area contributed by atoms with Gasteiger partial charge in [-0.1, -0.05) is 19.8 Å². The zero-order valence-electron chi connectivity index (χ0n) is 12.0. The molecule has 1 rings (SSSR count). The van der Waals surface area contributed by atoms with Crippen molar-refractivity contribution < 1.29 is 14.7 Å². The lowest BCUT2D eigenvalue weighted by atomic mass is 9.95. The summed E-state index contributed by atoms with van der Waals surface area (Å²) in [6.07, 6.45) is 5.89. The summed E-state index contributed by atoms with van der Waals surface area (Å²) in [5, 5.41) is 15.3. The van der Waals surface area contributed by atoms with E-state index in [0.717, 1.165) is 25.8 Å². The van der Waals surface area contributed by atoms with Gasteiger partial charge in [0.05, 0.1) is 0 Å². The number of amides is 1. The zero-order chi connectivity index (χ0) is 14.3. The first-order valence-corrected chi connectivity index (χ1v) is 7.25. The largest absolute Gasteiger partial charge is 0.480 e. The van der Waals surface area contributed by atoms with E-state index in [4.69, 9.17) is 0 Å². The summed E-state index contributed by atoms with van der Waals surface area (Å²) in [6.45, 7) is 4.52. The minimum Gasteiger partial charge on any atom is -0.480 e. The third-order valence-electron chi connectivity index (χ3n) is 3.77. The molecule has 1 aliphatic heterocycles. The van der Waals surface area contributed by atoms with Crippen LogP contribution in [0.3, 0.4) is 0 Å². The van der Waals surface area contributed by atoms with Gasteiger partial charge in [-0.3, -0.25) is 4.79 Å². The van der Waals surface area contributed by atoms with Crippen LogP contribution >= 0.6 is 0 Å². The van der Waals surface area contributed by atoms with Gasteiger partial charge in [0.2, 0.25) is 5.91 Å². The van der Waals surface area contributed by atoms with Gasteiger partial charge in [0.15, 0.2) is 0 Å². The third-order valence-corrected chi connectivity index (χ3v) is 3.77. The summed E-state index contributed by atoms with van der Waals surface area (Å²) < 4.78 is 0. The number of carboxylic acids is 1. The number of hydrogen-bond donors (Lipinski definition) is 3. The van der Waals surface area contributed by atoms with Crippen molar-refractivity contribution in [3.63, 3.8) is 0 Å². The molecule has 2 unspecified atom stereocenters. The van der Waals surface area contributed by atoms with E-state index in [-0.39, 0.29) is 5.91 Å². The van der Waals surface area contributed by atoms with Gasteiger partial charge in [-0.15, -0.1) is 0 Å². The van der Waals surface area contributed by atoms with Crippen molar-refractivity contribution >= 4 is 11.9 Å². The van der Waals surface area contributed by atoms with E-state index in [2.05, 4.69) is 10.6 Å². The second-order valence-corrected chi connectivity index (χ2v) is 5.62. The van der Waals surface area contributed by atoms with Crippen molar-refractivity contribution in [2.24, 2.45) is 0 Å². The minimum atomic E-state index is -1.13. The Bertz CT molecular complexity index is 314. The average Bonchev–Trinajstić information content (AvgIpc) is 2.37. The van der Waals surface area contributed by atoms with E-state index in [1.54, 1.807) is 6.92 Å². The Morgan fingerprint density at radius 3 is 2.68 bits per heavy atom. The van der Waals surface area contributed by atoms with E-state index in [1.807, 2.05) is 6.92 Å². The molecule has 110 valence electrons. The molecule has 19 heavy (non-hydrogen) atoms. The van der Waals surface area contributed by atoms with Crippen LogP contribution < -0.4 is 10.6 Å². The van der Waals surface area contributed by atoms with Crippen LogP contribution in [0.1, 0.15) is 58.8 Å². The normalized spacial score (nSPS) is 22.5. The smallest absolute Gasteiger partial charge is 0.329 e. The quantitative estimate of drug-likeness (QED) is 0.657. The molecule has 0 aromatic carbocycles. The summed E-state index contributed by atoms with van der Waals surface area (Å²) in [4.78, 5) is 23.1. The van der Waals surface area contributed by atoms with Crippen LogP contribution in [0.25, 0.3) is 0 Å². The summed E-state index contributed by atoms with van der Waals surface area (Å²) in [7, 11) is 0. The monoisotopic (exact) mass is 270 g/mol. The molecule has 0 spiro atoms. The van der Waals surface area contributed by atoms with Crippen molar-refractivity contribution in [1.82, 2.24) is 10.6 Å². The van der Waals surface area contributed by atoms with Crippen molar-refractivity contribution in [2.75, 3.05) is 6.54 Å². The molecular weight excluding hydrogens is 244 g/mol. The predicted molar refractivity (Wildman–Crippen MR) is 74.0 cm³/mol. The second kappa shape index (κ2) is 7.48. The molecule has 5 heteroatoms. The summed E-state index contributed by atoms with van der Waals surface area (Å²) >= 11 is 0. The number of aliphatic carboxylic acids is 1. The van der Waals surface area contributed by atoms with Gasteiger partial charge in [0.1, 0.15) is 5.54 Å². The van der Waals surface area contributed by atoms with Crippen LogP contribution in [0, 0.1) is 0 Å². The van der Waals surface area contributed by atoms with Gasteiger partial charge in [0, 0.05) is 12.5 Å². The van der Waals surface area contributed by atoms with Crippen molar-refractivity contribution in [3.05, 3.63) is 0 Å². The van der Waals surface area contributed by atoms with E-state index in [9.17, 15) is 14.7 Å². The number of hydrogen-bond acceptors (Lipinski definition) is 3. The van der Waals surface area contributed by atoms with E-state index in [0.29, 0.717) is 18.9 Å². The number of carboxylic acid groups (broad SMARTS) is 1. The fraction of sp³-hybridized carbons (Fsp3) is 0.857. The molecule has 0 aliphatic carbocycles. The maximum Gasteiger partial charge on any atom is 0.329 e. The number of carbonyl (C=O) groups is 2. The van der Waals surface area contributed by atoms with Gasteiger partial charge < -0.3 is 15.7 Å². The highest BCUT2D eigenvalue weighted by molar-refractivity contribution is 5.86. The molecule has 1 amide bonds. The Hall–Kier alpha value is -1.10. The molecule has 0 aromatic heterocycles. The minimum absolute atomic E-state index is 0.161. The molecule has 1 aliphatic rings. The first kappa shape index (κ1) is 16.0. The lowest BCUT2D eigenvalue weighted by Gasteiger charge is -2.27. The first-order chi connectivity index (χ1) is 8.98. The highest BCUT2D eigenvalue weighted by atomic mass is 16.4. The van der Waals surface area contributed by atoms with Crippen molar-refractivity contribution in [2.45, 2.75) is 70.4 Å². The second-order valence-electron chi connectivity index (χ2n) is 5.62. The van der Waals surface area contributed by atoms with Crippen molar-refractivity contribution in [3.8, 4) is 0 Å². The fourth-order valence-electron chi connectivity index (χ4n) is 2.57. The molecule has 1 fully saturated rings. The van der Waals surface area contributed by atoms with Gasteiger partial charge >= 0.3 is 5.97 Å². The van der Waals surface area contributed by atoms with Gasteiger partial charge in [-0.25, -0.2) is 4.79 Å². The van der Waals surface area contributed by atoms with Crippen molar-refractivity contribution in [1.29, 1.82) is 0 Å². The summed E-state index contributed by atoms with van der Waals surface area (Å²) in [5.74, 6) is -1.12. The highest BCUT2D eigenvalue weighted by Crippen LogP contribution is 2.15. The molecule has 1 saturated heterocycles. The molecule has 1 heterocycles. The molecule has 0 bridgehead atoms. The highest BCUT2D eigenvalue weighted by Gasteiger charge is 2.33. The molecule has 2 atom stereocenters. The molecule has 0 radical (unpaired) electrons. The van der Waals surface area contributed by atoms with Gasteiger partial charge in [-0.05, 0) is 39.2 Å². The Kier molecular flexibility index (Phi) is 6.28. The number of piperidine rings is 1. The molecule has 5 nitrogen and oxygen atoms in total. The predicted octanol–water partition coefficient (Wildman–Crippen LogP) is 1.67. The van der Waals surface area contributed by atoms with Crippen LogP contribution in [0.4, 0.5) is 0 Å². The van der Waals surface area contributed by atoms with E-state index >= 15 is 0 Å². The number of carbonyl (C=O) groups excluding carboxylic acids is 1. The van der Waals surface area contributed by atoms with Crippen LogP contribution in [0.15, 0.2) is 0 Å². The van der Waals surface area contributed by atoms with E-state index < -0.39 is 11.5 Å². The molecular formula is C14H26N2O3. The summed E-state index contributed by atoms with van der Waals surface area (Å²) in [6, 6.07) is 0.404. The van der Waals surface area contributed by atoms with Gasteiger partial charge in [0.25, 0.3) is 0 Å². The Balaban J connectivity index is 2.37. The third kappa shape index (κ3) is 5.19. The van der Waals surface area contributed by atoms with Crippen LogP contribution in [0.2, 0.25) is 0 Å². The van der Waals surface area contributed by atoms with E-state index in [1.165, 1.54) is 12.8 Å². The lowest BCUT2D eigenvalue weighted by Crippen LogP contribution is -2.52. The topological polar surface area (TPSA) is 78.4 Å². The molecule has 0 aromatic rings. The van der Waals surface area contributed by atoms with Crippen LogP contribution in [-0.4, -0.2) is 35.1 Å². The van der Waals surface area contributed by atoms with Gasteiger partial charge in [-0.2, -0.15) is 0 Å². The standard InChI is InChI=1S/C14H26N2O3/c1-3-9-14(2,13(18)19)16-12(17)8-7-11-6-4-5-10-15-11/h11,15H,3-10H2,1-2H3,(H,16,17)(H,18,19). The Morgan fingerprint density at radius 1 is 1.42 bits per heavy atom. The number of rotatable bonds is 7. The fourth-order valence-corrected chi connectivity index (χ4v) is 2.57. The maximum atomic E-state index is 11.9. The van der Waals surface area contributed by atoms with Crippen LogP contribution in [-0.2, 0) is 9.59 Å². The van der Waals surface area contributed by atoms with Crippen LogP contribution in [0.5, 0.6) is 0 Å². The summed E-state index contributed by atoms with van der Waals surface area (Å²) in [5.41, 5.74) is -1.13. The SMILES string of the molecule is CCCC(C)(NC(=O)CCC1CCCCN1)C(=O)O. The maximum absolute atomic E-state index is 11.9. The molecule has 3 N–H and O–H groups in total. The number of nitrogens with one attached hydrogen (secondary N) is 2. The zero-order valence-corrected chi connectivity index (χ0v) is 12.0. The lowest BCUT2D eigenvalue weighted by molar-refractivity contribution is -0.147.